The highest BCUT2D eigenvalue weighted by molar-refractivity contribution is 14.1. The summed E-state index contributed by atoms with van der Waals surface area (Å²) in [6.45, 7) is 2.17. The SMILES string of the molecule is CCN(CC(F)(F)F)C(=O)c1cccc(C)c1I. The lowest BCUT2D eigenvalue weighted by Gasteiger charge is -2.23. The molecule has 6 heteroatoms. The Kier molecular flexibility index (Phi) is 5.01. The molecule has 18 heavy (non-hydrogen) atoms. The molecule has 100 valence electrons. The average molecular weight is 371 g/mol. The maximum absolute atomic E-state index is 12.4. The predicted octanol–water partition coefficient (Wildman–Crippen LogP) is 3.62. The van der Waals surface area contributed by atoms with Gasteiger partial charge < -0.3 is 4.90 Å². The molecule has 1 rings (SSSR count). The highest BCUT2D eigenvalue weighted by Gasteiger charge is 2.33. The first-order chi connectivity index (χ1) is 8.26. The average Bonchev–Trinajstić information content (AvgIpc) is 2.27. The van der Waals surface area contributed by atoms with Crippen LogP contribution in [0.25, 0.3) is 0 Å². The molecule has 0 aromatic heterocycles. The van der Waals surface area contributed by atoms with Gasteiger partial charge in [0.05, 0.1) is 5.56 Å². The second-order valence-corrected chi connectivity index (χ2v) is 4.95. The van der Waals surface area contributed by atoms with Crippen LogP contribution in [0.1, 0.15) is 22.8 Å². The van der Waals surface area contributed by atoms with Crippen molar-refractivity contribution in [3.63, 3.8) is 0 Å². The number of halogens is 4. The van der Waals surface area contributed by atoms with E-state index in [-0.39, 0.29) is 6.54 Å². The van der Waals surface area contributed by atoms with Gasteiger partial charge in [-0.15, -0.1) is 0 Å². The first-order valence-electron chi connectivity index (χ1n) is 5.37. The molecule has 0 saturated carbocycles. The fourth-order valence-corrected chi connectivity index (χ4v) is 2.12. The van der Waals surface area contributed by atoms with Crippen molar-refractivity contribution in [3.8, 4) is 0 Å². The Hall–Kier alpha value is -0.790. The van der Waals surface area contributed by atoms with Gasteiger partial charge in [-0.05, 0) is 48.1 Å². The van der Waals surface area contributed by atoms with E-state index < -0.39 is 18.6 Å². The van der Waals surface area contributed by atoms with E-state index in [9.17, 15) is 18.0 Å². The number of nitrogens with zero attached hydrogens (tertiary/aromatic N) is 1. The molecule has 1 amide bonds. The molecule has 0 heterocycles. The van der Waals surface area contributed by atoms with Crippen molar-refractivity contribution in [2.75, 3.05) is 13.1 Å². The van der Waals surface area contributed by atoms with Gasteiger partial charge in [0.25, 0.3) is 5.91 Å². The van der Waals surface area contributed by atoms with Crippen LogP contribution in [0.4, 0.5) is 13.2 Å². The summed E-state index contributed by atoms with van der Waals surface area (Å²) < 4.78 is 37.8. The Morgan fingerprint density at radius 2 is 2.00 bits per heavy atom. The van der Waals surface area contributed by atoms with Crippen LogP contribution < -0.4 is 0 Å². The third kappa shape index (κ3) is 3.86. The number of rotatable bonds is 3. The van der Waals surface area contributed by atoms with Gasteiger partial charge in [0.15, 0.2) is 0 Å². The van der Waals surface area contributed by atoms with Crippen LogP contribution in [0.2, 0.25) is 0 Å². The van der Waals surface area contributed by atoms with Crippen LogP contribution >= 0.6 is 22.6 Å². The van der Waals surface area contributed by atoms with E-state index in [1.807, 2.05) is 35.6 Å². The van der Waals surface area contributed by atoms with Gasteiger partial charge in [0, 0.05) is 10.1 Å². The van der Waals surface area contributed by atoms with Crippen molar-refractivity contribution in [1.29, 1.82) is 0 Å². The minimum absolute atomic E-state index is 0.0301. The quantitative estimate of drug-likeness (QED) is 0.744. The second kappa shape index (κ2) is 5.90. The van der Waals surface area contributed by atoms with Crippen LogP contribution in [0.3, 0.4) is 0 Å². The summed E-state index contributed by atoms with van der Waals surface area (Å²) in [5.74, 6) is -0.581. The molecule has 0 N–H and O–H groups in total. The molecule has 0 spiro atoms. The summed E-state index contributed by atoms with van der Waals surface area (Å²) in [7, 11) is 0. The van der Waals surface area contributed by atoms with Crippen molar-refractivity contribution >= 4 is 28.5 Å². The molecule has 0 atom stereocenters. The molecule has 0 fully saturated rings. The molecule has 0 radical (unpaired) electrons. The number of carbonyl (C=O) groups is 1. The van der Waals surface area contributed by atoms with Gasteiger partial charge in [-0.3, -0.25) is 4.79 Å². The third-order valence-corrected chi connectivity index (χ3v) is 3.89. The van der Waals surface area contributed by atoms with E-state index in [0.717, 1.165) is 10.5 Å². The second-order valence-electron chi connectivity index (χ2n) is 3.87. The zero-order valence-electron chi connectivity index (χ0n) is 10.0. The molecular weight excluding hydrogens is 358 g/mol. The molecular formula is C12H13F3INO. The lowest BCUT2D eigenvalue weighted by atomic mass is 10.1. The van der Waals surface area contributed by atoms with Crippen molar-refractivity contribution in [2.45, 2.75) is 20.0 Å². The standard InChI is InChI=1S/C12H13F3INO/c1-3-17(7-12(13,14)15)11(18)9-6-4-5-8(2)10(9)16/h4-6H,3,7H2,1-2H3. The molecule has 0 aliphatic carbocycles. The number of benzene rings is 1. The zero-order chi connectivity index (χ0) is 13.9. The third-order valence-electron chi connectivity index (χ3n) is 2.46. The maximum atomic E-state index is 12.4. The Balaban J connectivity index is 3.01. The maximum Gasteiger partial charge on any atom is 0.406 e. The van der Waals surface area contributed by atoms with Crippen LogP contribution in [0.5, 0.6) is 0 Å². The number of carbonyl (C=O) groups excluding carboxylic acids is 1. The van der Waals surface area contributed by atoms with Crippen LogP contribution in [-0.4, -0.2) is 30.1 Å². The zero-order valence-corrected chi connectivity index (χ0v) is 12.2. The first-order valence-corrected chi connectivity index (χ1v) is 6.45. The van der Waals surface area contributed by atoms with Gasteiger partial charge in [-0.2, -0.15) is 13.2 Å². The molecule has 1 aromatic rings. The topological polar surface area (TPSA) is 20.3 Å². The summed E-state index contributed by atoms with van der Waals surface area (Å²) in [6.07, 6.45) is -4.37. The predicted molar refractivity (Wildman–Crippen MR) is 71.5 cm³/mol. The number of alkyl halides is 3. The minimum atomic E-state index is -4.37. The van der Waals surface area contributed by atoms with Gasteiger partial charge >= 0.3 is 6.18 Å². The Labute approximate surface area is 117 Å². The van der Waals surface area contributed by atoms with Crippen molar-refractivity contribution in [2.24, 2.45) is 0 Å². The number of amides is 1. The van der Waals surface area contributed by atoms with Crippen molar-refractivity contribution in [1.82, 2.24) is 4.90 Å². The molecule has 0 saturated heterocycles. The minimum Gasteiger partial charge on any atom is -0.330 e. The Morgan fingerprint density at radius 3 is 2.50 bits per heavy atom. The highest BCUT2D eigenvalue weighted by atomic mass is 127. The summed E-state index contributed by atoms with van der Waals surface area (Å²) >= 11 is 1.98. The fourth-order valence-electron chi connectivity index (χ4n) is 1.53. The summed E-state index contributed by atoms with van der Waals surface area (Å²) in [5.41, 5.74) is 1.20. The Morgan fingerprint density at radius 1 is 1.39 bits per heavy atom. The van der Waals surface area contributed by atoms with Gasteiger partial charge in [-0.1, -0.05) is 12.1 Å². The van der Waals surface area contributed by atoms with Crippen molar-refractivity contribution in [3.05, 3.63) is 32.9 Å². The highest BCUT2D eigenvalue weighted by Crippen LogP contribution is 2.21. The lowest BCUT2D eigenvalue weighted by Crippen LogP contribution is -2.39. The number of hydrogen-bond donors (Lipinski definition) is 0. The van der Waals surface area contributed by atoms with E-state index in [0.29, 0.717) is 9.13 Å². The first kappa shape index (κ1) is 15.3. The molecule has 0 bridgehead atoms. The van der Waals surface area contributed by atoms with Crippen molar-refractivity contribution < 1.29 is 18.0 Å². The van der Waals surface area contributed by atoms with Gasteiger partial charge in [-0.25, -0.2) is 0 Å². The van der Waals surface area contributed by atoms with Crippen LogP contribution in [0.15, 0.2) is 18.2 Å². The van der Waals surface area contributed by atoms with Gasteiger partial charge in [0.1, 0.15) is 6.54 Å². The van der Waals surface area contributed by atoms with E-state index in [2.05, 4.69) is 0 Å². The van der Waals surface area contributed by atoms with E-state index in [4.69, 9.17) is 0 Å². The molecule has 0 aliphatic rings. The van der Waals surface area contributed by atoms with E-state index in [1.54, 1.807) is 12.1 Å². The summed E-state index contributed by atoms with van der Waals surface area (Å²) in [6, 6.07) is 5.04. The number of hydrogen-bond acceptors (Lipinski definition) is 1. The van der Waals surface area contributed by atoms with Crippen LogP contribution in [0, 0.1) is 10.5 Å². The molecule has 2 nitrogen and oxygen atoms in total. The van der Waals surface area contributed by atoms with Crippen LogP contribution in [-0.2, 0) is 0 Å². The smallest absolute Gasteiger partial charge is 0.330 e. The normalized spacial score (nSPS) is 11.4. The largest absolute Gasteiger partial charge is 0.406 e. The molecule has 0 aliphatic heterocycles. The van der Waals surface area contributed by atoms with E-state index in [1.165, 1.54) is 6.92 Å². The lowest BCUT2D eigenvalue weighted by molar-refractivity contribution is -0.140. The fraction of sp³-hybridized carbons (Fsp3) is 0.417. The van der Waals surface area contributed by atoms with E-state index >= 15 is 0 Å². The summed E-state index contributed by atoms with van der Waals surface area (Å²) in [5, 5.41) is 0. The monoisotopic (exact) mass is 371 g/mol. The Bertz CT molecular complexity index is 445. The summed E-state index contributed by atoms with van der Waals surface area (Å²) in [4.78, 5) is 12.9. The molecule has 0 unspecified atom stereocenters. The number of aryl methyl sites for hydroxylation is 1. The van der Waals surface area contributed by atoms with Gasteiger partial charge in [0.2, 0.25) is 0 Å². The molecule has 1 aromatic carbocycles.